The van der Waals surface area contributed by atoms with Gasteiger partial charge >= 0.3 is 0 Å². The van der Waals surface area contributed by atoms with Gasteiger partial charge in [0.2, 0.25) is 11.8 Å². The van der Waals surface area contributed by atoms with Gasteiger partial charge in [0, 0.05) is 0 Å². The van der Waals surface area contributed by atoms with E-state index >= 15 is 0 Å². The molecule has 1 heterocycles. The highest BCUT2D eigenvalue weighted by Gasteiger charge is 2.08. The van der Waals surface area contributed by atoms with Gasteiger partial charge in [0.1, 0.15) is 0 Å². The summed E-state index contributed by atoms with van der Waals surface area (Å²) in [5.74, 6) is 1.18. The summed E-state index contributed by atoms with van der Waals surface area (Å²) in [7, 11) is 0. The average Bonchev–Trinajstić information content (AvgIpc) is 2.82. The quantitative estimate of drug-likeness (QED) is 0.830. The standard InChI is InChI=1S/C13H15Cl2N3O/c1-2-5-16-8-13-18-17-12(19-13)7-9-3-4-10(14)11(15)6-9/h3-4,6,16H,2,5,7-8H2,1H3. The van der Waals surface area contributed by atoms with Gasteiger partial charge in [0.05, 0.1) is 23.0 Å². The van der Waals surface area contributed by atoms with E-state index in [1.54, 1.807) is 6.07 Å². The molecule has 19 heavy (non-hydrogen) atoms. The minimum absolute atomic E-state index is 0.531. The minimum Gasteiger partial charge on any atom is -0.424 e. The van der Waals surface area contributed by atoms with Crippen LogP contribution in [0, 0.1) is 0 Å². The number of aromatic nitrogens is 2. The SMILES string of the molecule is CCCNCc1nnc(Cc2ccc(Cl)c(Cl)c2)o1. The van der Waals surface area contributed by atoms with Gasteiger partial charge in [-0.1, -0.05) is 36.2 Å². The molecule has 0 saturated heterocycles. The van der Waals surface area contributed by atoms with E-state index in [4.69, 9.17) is 27.6 Å². The van der Waals surface area contributed by atoms with Gasteiger partial charge < -0.3 is 9.73 Å². The van der Waals surface area contributed by atoms with Crippen LogP contribution in [0.4, 0.5) is 0 Å². The normalized spacial score (nSPS) is 10.9. The zero-order valence-corrected chi connectivity index (χ0v) is 12.1. The second-order valence-electron chi connectivity index (χ2n) is 4.19. The van der Waals surface area contributed by atoms with E-state index in [1.807, 2.05) is 12.1 Å². The van der Waals surface area contributed by atoms with Crippen molar-refractivity contribution in [1.82, 2.24) is 15.5 Å². The van der Waals surface area contributed by atoms with Gasteiger partial charge in [-0.3, -0.25) is 0 Å². The molecule has 2 rings (SSSR count). The third kappa shape index (κ3) is 4.20. The maximum Gasteiger partial charge on any atom is 0.230 e. The number of hydrogen-bond acceptors (Lipinski definition) is 4. The second kappa shape index (κ2) is 6.89. The Morgan fingerprint density at radius 2 is 1.95 bits per heavy atom. The molecule has 0 unspecified atom stereocenters. The highest BCUT2D eigenvalue weighted by atomic mass is 35.5. The molecule has 0 fully saturated rings. The maximum absolute atomic E-state index is 5.96. The van der Waals surface area contributed by atoms with Crippen molar-refractivity contribution in [3.8, 4) is 0 Å². The van der Waals surface area contributed by atoms with Gasteiger partial charge in [0.15, 0.2) is 0 Å². The largest absolute Gasteiger partial charge is 0.424 e. The van der Waals surface area contributed by atoms with Gasteiger partial charge in [-0.25, -0.2) is 0 Å². The molecular weight excluding hydrogens is 285 g/mol. The van der Waals surface area contributed by atoms with Crippen molar-refractivity contribution in [3.05, 3.63) is 45.6 Å². The zero-order valence-electron chi connectivity index (χ0n) is 10.6. The minimum atomic E-state index is 0.531. The summed E-state index contributed by atoms with van der Waals surface area (Å²) < 4.78 is 5.54. The molecule has 2 aromatic rings. The molecule has 0 bridgehead atoms. The fraction of sp³-hybridized carbons (Fsp3) is 0.385. The maximum atomic E-state index is 5.96. The lowest BCUT2D eigenvalue weighted by atomic mass is 10.1. The summed E-state index contributed by atoms with van der Waals surface area (Å²) in [5, 5.41) is 12.3. The first-order chi connectivity index (χ1) is 9.19. The van der Waals surface area contributed by atoms with Crippen molar-refractivity contribution in [3.63, 3.8) is 0 Å². The van der Waals surface area contributed by atoms with Crippen LogP contribution >= 0.6 is 23.2 Å². The summed E-state index contributed by atoms with van der Waals surface area (Å²) in [6.45, 7) is 3.64. The van der Waals surface area contributed by atoms with E-state index in [0.29, 0.717) is 34.8 Å². The Hall–Kier alpha value is -1.10. The van der Waals surface area contributed by atoms with Crippen LogP contribution in [0.2, 0.25) is 10.0 Å². The van der Waals surface area contributed by atoms with Gasteiger partial charge in [0.25, 0.3) is 0 Å². The predicted molar refractivity (Wildman–Crippen MR) is 75.6 cm³/mol. The fourth-order valence-corrected chi connectivity index (χ4v) is 1.95. The highest BCUT2D eigenvalue weighted by Crippen LogP contribution is 2.23. The zero-order chi connectivity index (χ0) is 13.7. The molecule has 1 aromatic carbocycles. The van der Waals surface area contributed by atoms with Crippen molar-refractivity contribution in [2.24, 2.45) is 0 Å². The Morgan fingerprint density at radius 3 is 2.68 bits per heavy atom. The molecule has 1 aromatic heterocycles. The molecule has 0 spiro atoms. The molecule has 102 valence electrons. The van der Waals surface area contributed by atoms with Crippen molar-refractivity contribution in [2.75, 3.05) is 6.54 Å². The third-order valence-corrected chi connectivity index (χ3v) is 3.29. The summed E-state index contributed by atoms with van der Waals surface area (Å²) in [6.07, 6.45) is 1.63. The lowest BCUT2D eigenvalue weighted by Gasteiger charge is -2.00. The van der Waals surface area contributed by atoms with Crippen LogP contribution in [-0.2, 0) is 13.0 Å². The van der Waals surface area contributed by atoms with Crippen LogP contribution in [0.3, 0.4) is 0 Å². The first-order valence-electron chi connectivity index (χ1n) is 6.15. The summed E-state index contributed by atoms with van der Waals surface area (Å²) >= 11 is 11.8. The molecule has 0 atom stereocenters. The van der Waals surface area contributed by atoms with E-state index < -0.39 is 0 Å². The summed E-state index contributed by atoms with van der Waals surface area (Å²) in [5.41, 5.74) is 0.992. The van der Waals surface area contributed by atoms with Gasteiger partial charge in [-0.05, 0) is 30.7 Å². The monoisotopic (exact) mass is 299 g/mol. The molecular formula is C13H15Cl2N3O. The molecule has 1 N–H and O–H groups in total. The predicted octanol–water partition coefficient (Wildman–Crippen LogP) is 3.47. The topological polar surface area (TPSA) is 51.0 Å². The van der Waals surface area contributed by atoms with E-state index in [-0.39, 0.29) is 0 Å². The van der Waals surface area contributed by atoms with E-state index in [2.05, 4.69) is 22.4 Å². The van der Waals surface area contributed by atoms with Crippen molar-refractivity contribution < 1.29 is 4.42 Å². The van der Waals surface area contributed by atoms with Crippen LogP contribution < -0.4 is 5.32 Å². The molecule has 0 aliphatic rings. The molecule has 0 aliphatic carbocycles. The van der Waals surface area contributed by atoms with Crippen LogP contribution in [0.1, 0.15) is 30.7 Å². The van der Waals surface area contributed by atoms with Crippen molar-refractivity contribution in [1.29, 1.82) is 0 Å². The van der Waals surface area contributed by atoms with Crippen molar-refractivity contribution in [2.45, 2.75) is 26.3 Å². The second-order valence-corrected chi connectivity index (χ2v) is 5.01. The molecule has 0 saturated carbocycles. The molecule has 0 amide bonds. The summed E-state index contributed by atoms with van der Waals surface area (Å²) in [4.78, 5) is 0. The number of rotatable bonds is 6. The average molecular weight is 300 g/mol. The van der Waals surface area contributed by atoms with Crippen LogP contribution in [0.5, 0.6) is 0 Å². The Balaban J connectivity index is 1.97. The van der Waals surface area contributed by atoms with Crippen LogP contribution in [-0.4, -0.2) is 16.7 Å². The van der Waals surface area contributed by atoms with E-state index in [1.165, 1.54) is 0 Å². The van der Waals surface area contributed by atoms with Crippen LogP contribution in [0.25, 0.3) is 0 Å². The lowest BCUT2D eigenvalue weighted by molar-refractivity contribution is 0.439. The Bertz CT molecular complexity index is 542. The Kier molecular flexibility index (Phi) is 5.19. The number of nitrogens with zero attached hydrogens (tertiary/aromatic N) is 2. The first-order valence-corrected chi connectivity index (χ1v) is 6.90. The summed E-state index contributed by atoms with van der Waals surface area (Å²) in [6, 6.07) is 5.47. The highest BCUT2D eigenvalue weighted by molar-refractivity contribution is 6.42. The lowest BCUT2D eigenvalue weighted by Crippen LogP contribution is -2.13. The molecule has 6 heteroatoms. The number of benzene rings is 1. The first kappa shape index (κ1) is 14.3. The Morgan fingerprint density at radius 1 is 1.16 bits per heavy atom. The number of nitrogens with one attached hydrogen (secondary N) is 1. The van der Waals surface area contributed by atoms with E-state index in [9.17, 15) is 0 Å². The molecule has 0 radical (unpaired) electrons. The Labute approximate surface area is 122 Å². The van der Waals surface area contributed by atoms with E-state index in [0.717, 1.165) is 18.5 Å². The molecule has 0 aliphatic heterocycles. The number of hydrogen-bond donors (Lipinski definition) is 1. The van der Waals surface area contributed by atoms with Crippen molar-refractivity contribution >= 4 is 23.2 Å². The van der Waals surface area contributed by atoms with Crippen LogP contribution in [0.15, 0.2) is 22.6 Å². The van der Waals surface area contributed by atoms with Gasteiger partial charge in [-0.2, -0.15) is 0 Å². The third-order valence-electron chi connectivity index (χ3n) is 2.55. The smallest absolute Gasteiger partial charge is 0.230 e. The number of halogens is 2. The van der Waals surface area contributed by atoms with Gasteiger partial charge in [-0.15, -0.1) is 10.2 Å². The molecule has 4 nitrogen and oxygen atoms in total. The fourth-order valence-electron chi connectivity index (χ4n) is 1.63.